The molecule has 1 N–H and O–H groups in total. The van der Waals surface area contributed by atoms with Gasteiger partial charge in [0.05, 0.1) is 8.47 Å². The Morgan fingerprint density at radius 2 is 1.88 bits per heavy atom. The van der Waals surface area contributed by atoms with Crippen LogP contribution in [0.3, 0.4) is 0 Å². The van der Waals surface area contributed by atoms with Gasteiger partial charge in [-0.15, -0.1) is 0 Å². The first-order chi connectivity index (χ1) is 11.2. The van der Waals surface area contributed by atoms with Crippen LogP contribution in [-0.4, -0.2) is 30.7 Å². The van der Waals surface area contributed by atoms with Crippen molar-refractivity contribution in [2.24, 2.45) is 0 Å². The van der Waals surface area contributed by atoms with E-state index in [1.165, 1.54) is 6.07 Å². The number of hydrogen-bond acceptors (Lipinski definition) is 7. The van der Waals surface area contributed by atoms with Gasteiger partial charge in [0, 0.05) is 6.07 Å². The van der Waals surface area contributed by atoms with Crippen molar-refractivity contribution < 1.29 is 36.7 Å². The predicted octanol–water partition coefficient (Wildman–Crippen LogP) is 2.02. The number of carbonyl (C=O) groups excluding carboxylic acids is 1. The second kappa shape index (κ2) is 7.32. The van der Waals surface area contributed by atoms with Crippen LogP contribution in [0.4, 0.5) is 4.39 Å². The van der Waals surface area contributed by atoms with Crippen LogP contribution in [0.1, 0.15) is 0 Å². The summed E-state index contributed by atoms with van der Waals surface area (Å²) in [5.74, 6) is -2.19. The maximum Gasteiger partial charge on any atom is 0.349 e. The summed E-state index contributed by atoms with van der Waals surface area (Å²) in [6.45, 7) is -0.612. The summed E-state index contributed by atoms with van der Waals surface area (Å²) >= 11 is 1.73. The van der Waals surface area contributed by atoms with E-state index in [2.05, 4.69) is 0 Å². The number of benzene rings is 2. The molecule has 7 nitrogen and oxygen atoms in total. The first kappa shape index (κ1) is 18.4. The average molecular weight is 467 g/mol. The highest BCUT2D eigenvalue weighted by atomic mass is 127. The lowest BCUT2D eigenvalue weighted by Gasteiger charge is -2.10. The second-order valence-electron chi connectivity index (χ2n) is 4.43. The summed E-state index contributed by atoms with van der Waals surface area (Å²) in [6.07, 6.45) is 0. The van der Waals surface area contributed by atoms with E-state index in [1.807, 2.05) is 0 Å². The van der Waals surface area contributed by atoms with Gasteiger partial charge in [-0.2, -0.15) is 0 Å². The van der Waals surface area contributed by atoms with Crippen LogP contribution in [0.15, 0.2) is 41.3 Å². The van der Waals surface area contributed by atoms with Crippen molar-refractivity contribution in [1.29, 1.82) is 0 Å². The van der Waals surface area contributed by atoms with Crippen molar-refractivity contribution in [2.75, 3.05) is 6.61 Å². The number of phenolic OH excluding ortho intramolecular Hbond substituents is 1. The molecule has 0 aliphatic carbocycles. The normalized spacial score (nSPS) is 11.1. The topological polar surface area (TPSA) is 113 Å². The standard InChI is InChI=1S/C14H10FIO7S/c15-11-5-8(17)6-12(16)14(11)22-7-13(18)23-9-1-3-10(4-2-9)24(19,20)21/h1-6,17H,7H2,(H,19,20,21)/p-1. The average Bonchev–Trinajstić information content (AvgIpc) is 2.45. The van der Waals surface area contributed by atoms with E-state index >= 15 is 0 Å². The van der Waals surface area contributed by atoms with Crippen LogP contribution >= 0.6 is 22.6 Å². The lowest BCUT2D eigenvalue weighted by molar-refractivity contribution is -0.136. The molecule has 0 fully saturated rings. The fourth-order valence-electron chi connectivity index (χ4n) is 1.65. The molecule has 0 aromatic heterocycles. The molecular weight excluding hydrogens is 458 g/mol. The summed E-state index contributed by atoms with van der Waals surface area (Å²) in [5.41, 5.74) is 0. The van der Waals surface area contributed by atoms with Gasteiger partial charge >= 0.3 is 5.97 Å². The smallest absolute Gasteiger partial charge is 0.349 e. The molecule has 0 aliphatic heterocycles. The first-order valence-electron chi connectivity index (χ1n) is 6.24. The minimum Gasteiger partial charge on any atom is -0.744 e. The number of ether oxygens (including phenoxy) is 2. The van der Waals surface area contributed by atoms with Crippen molar-refractivity contribution in [2.45, 2.75) is 4.90 Å². The zero-order valence-corrected chi connectivity index (χ0v) is 14.7. The Balaban J connectivity index is 1.99. The Morgan fingerprint density at radius 3 is 2.42 bits per heavy atom. The van der Waals surface area contributed by atoms with E-state index in [0.29, 0.717) is 0 Å². The van der Waals surface area contributed by atoms with Gasteiger partial charge in [-0.3, -0.25) is 0 Å². The third kappa shape index (κ3) is 4.79. The third-order valence-electron chi connectivity index (χ3n) is 2.66. The summed E-state index contributed by atoms with van der Waals surface area (Å²) in [4.78, 5) is 11.2. The van der Waals surface area contributed by atoms with E-state index in [0.717, 1.165) is 30.3 Å². The molecule has 0 radical (unpaired) electrons. The molecule has 10 heteroatoms. The number of carbonyl (C=O) groups is 1. The van der Waals surface area contributed by atoms with Gasteiger partial charge in [0.15, 0.2) is 18.2 Å². The largest absolute Gasteiger partial charge is 0.744 e. The van der Waals surface area contributed by atoms with Crippen molar-refractivity contribution in [3.63, 3.8) is 0 Å². The van der Waals surface area contributed by atoms with E-state index in [1.54, 1.807) is 22.6 Å². The lowest BCUT2D eigenvalue weighted by Crippen LogP contribution is -2.18. The van der Waals surface area contributed by atoms with Gasteiger partial charge in [-0.05, 0) is 52.9 Å². The van der Waals surface area contributed by atoms with E-state index < -0.39 is 33.4 Å². The number of hydrogen-bond donors (Lipinski definition) is 1. The quantitative estimate of drug-likeness (QED) is 0.310. The highest BCUT2D eigenvalue weighted by Crippen LogP contribution is 2.29. The second-order valence-corrected chi connectivity index (χ2v) is 6.97. The molecular formula is C14H9FIO7S-. The molecule has 0 heterocycles. The first-order valence-corrected chi connectivity index (χ1v) is 8.73. The van der Waals surface area contributed by atoms with Crippen LogP contribution in [0, 0.1) is 9.39 Å². The molecule has 0 atom stereocenters. The number of aromatic hydroxyl groups is 1. The predicted molar refractivity (Wildman–Crippen MR) is 86.3 cm³/mol. The monoisotopic (exact) mass is 467 g/mol. The molecule has 0 saturated carbocycles. The van der Waals surface area contributed by atoms with Gasteiger partial charge in [0.25, 0.3) is 0 Å². The summed E-state index contributed by atoms with van der Waals surface area (Å²) in [5, 5.41) is 9.21. The number of rotatable bonds is 5. The van der Waals surface area contributed by atoms with E-state index in [-0.39, 0.29) is 20.8 Å². The van der Waals surface area contributed by atoms with Crippen LogP contribution in [0.5, 0.6) is 17.2 Å². The summed E-state index contributed by atoms with van der Waals surface area (Å²) in [6, 6.07) is 6.35. The molecule has 24 heavy (non-hydrogen) atoms. The molecule has 0 spiro atoms. The van der Waals surface area contributed by atoms with Gasteiger partial charge in [-0.25, -0.2) is 17.6 Å². The molecule has 0 bridgehead atoms. The maximum absolute atomic E-state index is 13.6. The minimum atomic E-state index is -4.59. The van der Waals surface area contributed by atoms with Gasteiger partial charge in [0.2, 0.25) is 0 Å². The zero-order valence-electron chi connectivity index (χ0n) is 11.7. The Labute approximate surface area is 149 Å². The van der Waals surface area contributed by atoms with Crippen molar-refractivity contribution >= 4 is 38.7 Å². The number of halogens is 2. The van der Waals surface area contributed by atoms with Crippen LogP contribution in [-0.2, 0) is 14.9 Å². The molecule has 128 valence electrons. The molecule has 0 aliphatic rings. The van der Waals surface area contributed by atoms with E-state index in [4.69, 9.17) is 9.47 Å². The SMILES string of the molecule is O=C(COc1c(F)cc(O)cc1I)Oc1ccc(S(=O)(=O)[O-])cc1. The fourth-order valence-corrected chi connectivity index (χ4v) is 2.85. The maximum atomic E-state index is 13.6. The molecule has 2 aromatic rings. The highest BCUT2D eigenvalue weighted by molar-refractivity contribution is 14.1. The van der Waals surface area contributed by atoms with Crippen molar-refractivity contribution in [1.82, 2.24) is 0 Å². The molecule has 0 unspecified atom stereocenters. The Morgan fingerprint density at radius 1 is 1.25 bits per heavy atom. The van der Waals surface area contributed by atoms with Crippen molar-refractivity contribution in [3.8, 4) is 17.2 Å². The van der Waals surface area contributed by atoms with Crippen LogP contribution in [0.2, 0.25) is 0 Å². The van der Waals surface area contributed by atoms with Crippen LogP contribution in [0.25, 0.3) is 0 Å². The van der Waals surface area contributed by atoms with Crippen LogP contribution < -0.4 is 9.47 Å². The van der Waals surface area contributed by atoms with Gasteiger partial charge in [-0.1, -0.05) is 0 Å². The number of esters is 1. The fraction of sp³-hybridized carbons (Fsp3) is 0.0714. The molecule has 0 saturated heterocycles. The number of phenols is 1. The Kier molecular flexibility index (Phi) is 5.62. The molecule has 2 aromatic carbocycles. The van der Waals surface area contributed by atoms with Crippen molar-refractivity contribution in [3.05, 3.63) is 45.8 Å². The molecule has 2 rings (SSSR count). The Bertz CT molecular complexity index is 842. The lowest BCUT2D eigenvalue weighted by atomic mass is 10.3. The summed E-state index contributed by atoms with van der Waals surface area (Å²) < 4.78 is 56.1. The van der Waals surface area contributed by atoms with Gasteiger partial charge < -0.3 is 19.1 Å². The third-order valence-corrected chi connectivity index (χ3v) is 4.31. The van der Waals surface area contributed by atoms with E-state index in [9.17, 15) is 27.3 Å². The highest BCUT2D eigenvalue weighted by Gasteiger charge is 2.14. The molecule has 0 amide bonds. The minimum absolute atomic E-state index is 0.00289. The van der Waals surface area contributed by atoms with Gasteiger partial charge in [0.1, 0.15) is 21.6 Å². The zero-order chi connectivity index (χ0) is 17.9. The summed E-state index contributed by atoms with van der Waals surface area (Å²) in [7, 11) is -4.59. The Hall–Kier alpha value is -1.92.